The number of ketones is 1. The number of carbonyl (C=O) groups is 1. The first kappa shape index (κ1) is 16.7. The minimum Gasteiger partial charge on any atom is -0.324 e. The van der Waals surface area contributed by atoms with Gasteiger partial charge in [-0.25, -0.2) is 0 Å². The number of nitrogens with two attached hydrogens (primary N) is 1. The van der Waals surface area contributed by atoms with E-state index in [-0.39, 0.29) is 28.9 Å². The van der Waals surface area contributed by atoms with Gasteiger partial charge in [-0.2, -0.15) is 0 Å². The summed E-state index contributed by atoms with van der Waals surface area (Å²) in [6.45, 7) is 11.8. The van der Waals surface area contributed by atoms with E-state index in [9.17, 15) is 10.1 Å². The fraction of sp³-hybridized carbons (Fsp3) is 0.562. The molecule has 0 heterocycles. The maximum atomic E-state index is 12.0. The molecule has 110 valence electrons. The van der Waals surface area contributed by atoms with Crippen LogP contribution in [-0.2, 0) is 16.1 Å². The fourth-order valence-corrected chi connectivity index (χ4v) is 2.07. The third-order valence-corrected chi connectivity index (χ3v) is 3.12. The Hall–Kier alpha value is -1.39. The first-order chi connectivity index (χ1) is 9.02. The molecule has 0 fully saturated rings. The molecule has 0 aromatic heterocycles. The van der Waals surface area contributed by atoms with E-state index in [0.29, 0.717) is 11.1 Å². The largest absolute Gasteiger partial charge is 0.324 e. The van der Waals surface area contributed by atoms with Crippen LogP contribution < -0.4 is 10.6 Å². The summed E-state index contributed by atoms with van der Waals surface area (Å²) in [5.74, 6) is -0.0766. The van der Waals surface area contributed by atoms with E-state index in [2.05, 4.69) is 11.0 Å². The smallest absolute Gasteiger partial charge is 0.176 e. The zero-order valence-corrected chi connectivity index (χ0v) is 13.1. The highest BCUT2D eigenvalue weighted by Crippen LogP contribution is 2.37. The van der Waals surface area contributed by atoms with Gasteiger partial charge in [0.15, 0.2) is 11.5 Å². The van der Waals surface area contributed by atoms with Gasteiger partial charge in [0.25, 0.3) is 0 Å². The third kappa shape index (κ3) is 3.38. The SMILES string of the molecule is CC(C)(C)c1[c]c(C(C)(C)C)c(C(=O)CN)cc1O[O]. The van der Waals surface area contributed by atoms with Crippen molar-refractivity contribution in [1.29, 1.82) is 0 Å². The number of hydrogen-bond acceptors (Lipinski definition) is 3. The van der Waals surface area contributed by atoms with Gasteiger partial charge in [-0.15, -0.1) is 0 Å². The first-order valence-corrected chi connectivity index (χ1v) is 6.66. The molecule has 0 aliphatic rings. The van der Waals surface area contributed by atoms with Crippen LogP contribution in [0.3, 0.4) is 0 Å². The highest BCUT2D eigenvalue weighted by molar-refractivity contribution is 5.99. The van der Waals surface area contributed by atoms with Crippen molar-refractivity contribution in [2.24, 2.45) is 5.73 Å². The van der Waals surface area contributed by atoms with E-state index in [4.69, 9.17) is 5.73 Å². The molecule has 1 aromatic carbocycles. The van der Waals surface area contributed by atoms with Gasteiger partial charge in [-0.3, -0.25) is 4.79 Å². The Kier molecular flexibility index (Phi) is 4.62. The molecule has 0 saturated heterocycles. The lowest BCUT2D eigenvalue weighted by Crippen LogP contribution is -2.24. The molecule has 20 heavy (non-hydrogen) atoms. The predicted octanol–water partition coefficient (Wildman–Crippen LogP) is 2.95. The molecule has 0 bridgehead atoms. The van der Waals surface area contributed by atoms with Crippen molar-refractivity contribution in [2.75, 3.05) is 6.54 Å². The van der Waals surface area contributed by atoms with E-state index in [1.807, 2.05) is 41.5 Å². The predicted molar refractivity (Wildman–Crippen MR) is 77.4 cm³/mol. The van der Waals surface area contributed by atoms with E-state index >= 15 is 0 Å². The molecule has 4 nitrogen and oxygen atoms in total. The Labute approximate surface area is 120 Å². The fourth-order valence-electron chi connectivity index (χ4n) is 2.07. The van der Waals surface area contributed by atoms with Gasteiger partial charge in [0.2, 0.25) is 0 Å². The zero-order valence-electron chi connectivity index (χ0n) is 13.1. The molecule has 4 heteroatoms. The normalized spacial score (nSPS) is 12.4. The number of benzene rings is 1. The van der Waals surface area contributed by atoms with Gasteiger partial charge in [0.05, 0.1) is 6.54 Å². The second-order valence-corrected chi connectivity index (χ2v) is 7.01. The van der Waals surface area contributed by atoms with Crippen LogP contribution in [0.2, 0.25) is 0 Å². The van der Waals surface area contributed by atoms with Gasteiger partial charge in [-0.1, -0.05) is 41.5 Å². The van der Waals surface area contributed by atoms with Crippen molar-refractivity contribution in [3.63, 3.8) is 0 Å². The van der Waals surface area contributed by atoms with Crippen LogP contribution in [-0.4, -0.2) is 12.3 Å². The van der Waals surface area contributed by atoms with Crippen molar-refractivity contribution >= 4 is 5.78 Å². The van der Waals surface area contributed by atoms with Gasteiger partial charge in [0.1, 0.15) is 0 Å². The maximum Gasteiger partial charge on any atom is 0.176 e. The highest BCUT2D eigenvalue weighted by Gasteiger charge is 2.28. The Morgan fingerprint density at radius 2 is 1.65 bits per heavy atom. The van der Waals surface area contributed by atoms with Gasteiger partial charge in [0, 0.05) is 16.4 Å². The number of hydrogen-bond donors (Lipinski definition) is 1. The van der Waals surface area contributed by atoms with Crippen LogP contribution in [0.4, 0.5) is 0 Å². The van der Waals surface area contributed by atoms with Crippen LogP contribution >= 0.6 is 0 Å². The summed E-state index contributed by atoms with van der Waals surface area (Å²) in [7, 11) is 0. The molecule has 0 amide bonds. The van der Waals surface area contributed by atoms with Crippen molar-refractivity contribution in [3.8, 4) is 5.75 Å². The highest BCUT2D eigenvalue weighted by atomic mass is 17.1. The van der Waals surface area contributed by atoms with E-state index in [1.165, 1.54) is 6.07 Å². The first-order valence-electron chi connectivity index (χ1n) is 6.66. The molecule has 0 saturated carbocycles. The lowest BCUT2D eigenvalue weighted by molar-refractivity contribution is -0.209. The van der Waals surface area contributed by atoms with Crippen LogP contribution in [0.1, 0.15) is 63.0 Å². The lowest BCUT2D eigenvalue weighted by Gasteiger charge is -2.27. The average molecular weight is 277 g/mol. The van der Waals surface area contributed by atoms with E-state index in [1.54, 1.807) is 0 Å². The summed E-state index contributed by atoms with van der Waals surface area (Å²) in [6, 6.07) is 4.73. The minimum absolute atomic E-state index is 0.107. The minimum atomic E-state index is -0.302. The Balaban J connectivity index is 3.67. The molecule has 0 spiro atoms. The Bertz CT molecular complexity index is 508. The third-order valence-electron chi connectivity index (χ3n) is 3.12. The quantitative estimate of drug-likeness (QED) is 0.524. The molecule has 0 aliphatic carbocycles. The van der Waals surface area contributed by atoms with Gasteiger partial charge < -0.3 is 10.6 Å². The van der Waals surface area contributed by atoms with E-state index in [0.717, 1.165) is 5.56 Å². The summed E-state index contributed by atoms with van der Waals surface area (Å²) in [6.07, 6.45) is 0. The summed E-state index contributed by atoms with van der Waals surface area (Å²) < 4.78 is 0. The molecule has 2 radical (unpaired) electrons. The molecule has 1 aromatic rings. The van der Waals surface area contributed by atoms with Crippen LogP contribution in [0.15, 0.2) is 6.07 Å². The monoisotopic (exact) mass is 277 g/mol. The number of rotatable bonds is 3. The number of Topliss-reactive ketones (excluding diaryl/α,β-unsaturated/α-hetero) is 1. The Morgan fingerprint density at radius 3 is 2.00 bits per heavy atom. The molecule has 0 unspecified atom stereocenters. The molecule has 0 aliphatic heterocycles. The summed E-state index contributed by atoms with van der Waals surface area (Å²) in [5.41, 5.74) is 6.72. The van der Waals surface area contributed by atoms with Crippen molar-refractivity contribution in [2.45, 2.75) is 52.4 Å². The molecule has 0 atom stereocenters. The van der Waals surface area contributed by atoms with Crippen LogP contribution in [0.5, 0.6) is 5.75 Å². The second-order valence-electron chi connectivity index (χ2n) is 7.01. The topological polar surface area (TPSA) is 72.2 Å². The van der Waals surface area contributed by atoms with Crippen LogP contribution in [0.25, 0.3) is 0 Å². The molecular formula is C16H23NO3. The molecule has 1 rings (SSSR count). The standard InChI is InChI=1S/C16H23NO3/c1-15(2,3)11-8-12(16(4,5)6)14(20-19)7-10(11)13(18)9-17/h7H,9,17H2,1-6H3. The average Bonchev–Trinajstić information content (AvgIpc) is 2.33. The van der Waals surface area contributed by atoms with Crippen molar-refractivity contribution < 1.29 is 14.9 Å². The Morgan fingerprint density at radius 1 is 1.15 bits per heavy atom. The summed E-state index contributed by atoms with van der Waals surface area (Å²) in [5, 5.41) is 11.0. The van der Waals surface area contributed by atoms with Crippen molar-refractivity contribution in [1.82, 2.24) is 0 Å². The van der Waals surface area contributed by atoms with Crippen molar-refractivity contribution in [3.05, 3.63) is 28.8 Å². The van der Waals surface area contributed by atoms with Gasteiger partial charge >= 0.3 is 0 Å². The summed E-state index contributed by atoms with van der Waals surface area (Å²) >= 11 is 0. The van der Waals surface area contributed by atoms with E-state index < -0.39 is 0 Å². The number of carbonyl (C=O) groups excluding carboxylic acids is 1. The second kappa shape index (κ2) is 5.54. The maximum absolute atomic E-state index is 12.0. The lowest BCUT2D eigenvalue weighted by atomic mass is 9.77. The molecule has 2 N–H and O–H groups in total. The van der Waals surface area contributed by atoms with Crippen LogP contribution in [0, 0.1) is 6.07 Å². The summed E-state index contributed by atoms with van der Waals surface area (Å²) in [4.78, 5) is 16.2. The zero-order chi connectivity index (χ0) is 15.7. The van der Waals surface area contributed by atoms with Gasteiger partial charge in [-0.05, 0) is 28.5 Å². The molecular weight excluding hydrogens is 254 g/mol.